The van der Waals surface area contributed by atoms with Crippen LogP contribution in [0.15, 0.2) is 22.6 Å². The first-order chi connectivity index (χ1) is 9.93. The first-order valence-electron chi connectivity index (χ1n) is 7.19. The predicted octanol–water partition coefficient (Wildman–Crippen LogP) is 4.26. The van der Waals surface area contributed by atoms with Crippen molar-refractivity contribution in [1.29, 1.82) is 0 Å². The van der Waals surface area contributed by atoms with Crippen LogP contribution in [0.5, 0.6) is 0 Å². The molecule has 0 aliphatic heterocycles. The lowest BCUT2D eigenvalue weighted by molar-refractivity contribution is 0.0488. The maximum Gasteiger partial charge on any atom is 0.376 e. The summed E-state index contributed by atoms with van der Waals surface area (Å²) in [4.78, 5) is 16.5. The molecule has 4 nitrogen and oxygen atoms in total. The summed E-state index contributed by atoms with van der Waals surface area (Å²) in [5.74, 6) is 0.318. The average Bonchev–Trinajstić information content (AvgIpc) is 2.84. The van der Waals surface area contributed by atoms with Gasteiger partial charge in [-0.05, 0) is 38.3 Å². The highest BCUT2D eigenvalue weighted by molar-refractivity contribution is 5.88. The molecule has 0 N–H and O–H groups in total. The van der Waals surface area contributed by atoms with Crippen LogP contribution in [0.4, 0.5) is 0 Å². The Morgan fingerprint density at radius 3 is 2.62 bits per heavy atom. The summed E-state index contributed by atoms with van der Waals surface area (Å²) in [5.41, 5.74) is 3.79. The van der Waals surface area contributed by atoms with Crippen molar-refractivity contribution in [3.05, 3.63) is 40.8 Å². The number of aryl methyl sites for hydroxylation is 2. The number of benzene rings is 1. The number of esters is 1. The summed E-state index contributed by atoms with van der Waals surface area (Å²) in [5, 5.41) is 0. The summed E-state index contributed by atoms with van der Waals surface area (Å²) in [6.45, 7) is 10.1. The lowest BCUT2D eigenvalue weighted by Crippen LogP contribution is -2.07. The van der Waals surface area contributed by atoms with Gasteiger partial charge in [0.25, 0.3) is 0 Å². The van der Waals surface area contributed by atoms with E-state index < -0.39 is 5.97 Å². The van der Waals surface area contributed by atoms with Crippen LogP contribution in [0.25, 0.3) is 11.5 Å². The minimum absolute atomic E-state index is 0.0904. The largest absolute Gasteiger partial charge is 0.460 e. The maximum absolute atomic E-state index is 12.0. The number of hydrogen-bond acceptors (Lipinski definition) is 4. The molecule has 0 saturated carbocycles. The Morgan fingerprint density at radius 1 is 1.33 bits per heavy atom. The van der Waals surface area contributed by atoms with E-state index >= 15 is 0 Å². The minimum Gasteiger partial charge on any atom is -0.460 e. The SMILES string of the molecule is CCOC(=O)c1oc(-c2ccc(C)cc2C)nc1C(C)C. The van der Waals surface area contributed by atoms with E-state index in [-0.39, 0.29) is 11.7 Å². The number of nitrogens with zero attached hydrogens (tertiary/aromatic N) is 1. The third-order valence-electron chi connectivity index (χ3n) is 3.27. The van der Waals surface area contributed by atoms with Crippen molar-refractivity contribution in [2.75, 3.05) is 6.61 Å². The van der Waals surface area contributed by atoms with Crippen LogP contribution >= 0.6 is 0 Å². The monoisotopic (exact) mass is 287 g/mol. The molecule has 0 fully saturated rings. The van der Waals surface area contributed by atoms with Crippen molar-refractivity contribution in [3.63, 3.8) is 0 Å². The Labute approximate surface area is 125 Å². The normalized spacial score (nSPS) is 11.0. The standard InChI is InChI=1S/C17H21NO3/c1-6-20-17(19)15-14(10(2)3)18-16(21-15)13-8-7-11(4)9-12(13)5/h7-10H,6H2,1-5H3. The van der Waals surface area contributed by atoms with E-state index in [4.69, 9.17) is 9.15 Å². The van der Waals surface area contributed by atoms with E-state index in [1.807, 2.05) is 39.8 Å². The average molecular weight is 287 g/mol. The van der Waals surface area contributed by atoms with Gasteiger partial charge in [0.15, 0.2) is 0 Å². The van der Waals surface area contributed by atoms with E-state index in [1.165, 1.54) is 5.56 Å². The smallest absolute Gasteiger partial charge is 0.376 e. The molecule has 1 aromatic carbocycles. The molecule has 2 rings (SSSR count). The number of oxazole rings is 1. The quantitative estimate of drug-likeness (QED) is 0.788. The molecule has 0 bridgehead atoms. The second kappa shape index (κ2) is 6.12. The third-order valence-corrected chi connectivity index (χ3v) is 3.27. The fourth-order valence-electron chi connectivity index (χ4n) is 2.23. The Balaban J connectivity index is 2.51. The summed E-state index contributed by atoms with van der Waals surface area (Å²) in [6.07, 6.45) is 0. The van der Waals surface area contributed by atoms with Crippen LogP contribution in [0.3, 0.4) is 0 Å². The topological polar surface area (TPSA) is 52.3 Å². The van der Waals surface area contributed by atoms with Crippen LogP contribution < -0.4 is 0 Å². The number of ether oxygens (including phenoxy) is 1. The van der Waals surface area contributed by atoms with Crippen molar-refractivity contribution in [3.8, 4) is 11.5 Å². The molecular formula is C17H21NO3. The van der Waals surface area contributed by atoms with Gasteiger partial charge in [0.1, 0.15) is 0 Å². The molecule has 0 aliphatic carbocycles. The van der Waals surface area contributed by atoms with Gasteiger partial charge in [0, 0.05) is 5.56 Å². The molecular weight excluding hydrogens is 266 g/mol. The zero-order valence-corrected chi connectivity index (χ0v) is 13.2. The molecule has 4 heteroatoms. The molecule has 0 spiro atoms. The maximum atomic E-state index is 12.0. The van der Waals surface area contributed by atoms with Gasteiger partial charge in [-0.3, -0.25) is 0 Å². The highest BCUT2D eigenvalue weighted by Crippen LogP contribution is 2.29. The number of aromatic nitrogens is 1. The van der Waals surface area contributed by atoms with Gasteiger partial charge in [-0.2, -0.15) is 0 Å². The molecule has 0 radical (unpaired) electrons. The molecule has 1 heterocycles. The first kappa shape index (κ1) is 15.3. The highest BCUT2D eigenvalue weighted by Gasteiger charge is 2.24. The summed E-state index contributed by atoms with van der Waals surface area (Å²) < 4.78 is 10.8. The van der Waals surface area contributed by atoms with Crippen LogP contribution in [0.2, 0.25) is 0 Å². The Kier molecular flexibility index (Phi) is 4.46. The van der Waals surface area contributed by atoms with Crippen molar-refractivity contribution in [2.24, 2.45) is 0 Å². The molecule has 0 amide bonds. The molecule has 2 aromatic rings. The van der Waals surface area contributed by atoms with Crippen molar-refractivity contribution in [2.45, 2.75) is 40.5 Å². The van der Waals surface area contributed by atoms with Gasteiger partial charge in [0.05, 0.1) is 12.3 Å². The molecule has 0 unspecified atom stereocenters. The van der Waals surface area contributed by atoms with Crippen molar-refractivity contribution < 1.29 is 13.9 Å². The molecule has 21 heavy (non-hydrogen) atoms. The van der Waals surface area contributed by atoms with Gasteiger partial charge in [-0.15, -0.1) is 0 Å². The summed E-state index contributed by atoms with van der Waals surface area (Å²) in [7, 11) is 0. The second-order valence-corrected chi connectivity index (χ2v) is 5.43. The Hall–Kier alpha value is -2.10. The molecule has 112 valence electrons. The zero-order valence-electron chi connectivity index (χ0n) is 13.2. The van der Waals surface area contributed by atoms with Gasteiger partial charge >= 0.3 is 5.97 Å². The fourth-order valence-corrected chi connectivity index (χ4v) is 2.23. The lowest BCUT2D eigenvalue weighted by Gasteiger charge is -2.02. The molecule has 0 aliphatic rings. The second-order valence-electron chi connectivity index (χ2n) is 5.43. The van der Waals surface area contributed by atoms with Crippen LogP contribution in [0, 0.1) is 13.8 Å². The third kappa shape index (κ3) is 3.15. The van der Waals surface area contributed by atoms with Gasteiger partial charge < -0.3 is 9.15 Å². The van der Waals surface area contributed by atoms with E-state index in [0.717, 1.165) is 11.1 Å². The van der Waals surface area contributed by atoms with Crippen LogP contribution in [-0.4, -0.2) is 17.6 Å². The van der Waals surface area contributed by atoms with Gasteiger partial charge in [-0.1, -0.05) is 31.5 Å². The van der Waals surface area contributed by atoms with Crippen molar-refractivity contribution >= 4 is 5.97 Å². The summed E-state index contributed by atoms with van der Waals surface area (Å²) in [6, 6.07) is 6.04. The van der Waals surface area contributed by atoms with E-state index in [0.29, 0.717) is 18.2 Å². The number of carbonyl (C=O) groups is 1. The molecule has 1 aromatic heterocycles. The summed E-state index contributed by atoms with van der Waals surface area (Å²) >= 11 is 0. The van der Waals surface area contributed by atoms with E-state index in [2.05, 4.69) is 11.1 Å². The lowest BCUT2D eigenvalue weighted by atomic mass is 10.1. The van der Waals surface area contributed by atoms with Gasteiger partial charge in [0.2, 0.25) is 11.7 Å². The van der Waals surface area contributed by atoms with E-state index in [1.54, 1.807) is 6.92 Å². The minimum atomic E-state index is -0.454. The predicted molar refractivity (Wildman–Crippen MR) is 81.5 cm³/mol. The van der Waals surface area contributed by atoms with Gasteiger partial charge in [-0.25, -0.2) is 9.78 Å². The molecule has 0 saturated heterocycles. The Bertz CT molecular complexity index is 656. The zero-order chi connectivity index (χ0) is 15.6. The number of hydrogen-bond donors (Lipinski definition) is 0. The highest BCUT2D eigenvalue weighted by atomic mass is 16.5. The first-order valence-corrected chi connectivity index (χ1v) is 7.19. The van der Waals surface area contributed by atoms with E-state index in [9.17, 15) is 4.79 Å². The number of carbonyl (C=O) groups excluding carboxylic acids is 1. The number of rotatable bonds is 4. The fraction of sp³-hybridized carbons (Fsp3) is 0.412. The van der Waals surface area contributed by atoms with Crippen molar-refractivity contribution in [1.82, 2.24) is 4.98 Å². The van der Waals surface area contributed by atoms with Crippen LogP contribution in [0.1, 0.15) is 54.1 Å². The molecule has 0 atom stereocenters. The Morgan fingerprint density at radius 2 is 2.05 bits per heavy atom. The van der Waals surface area contributed by atoms with Crippen LogP contribution in [-0.2, 0) is 4.74 Å².